The number of nitrogens with zero attached hydrogens (tertiary/aromatic N) is 3. The standard InChI is InChI=1S/C10H11N3O2/c1-15-5-4-13-9(14)3-2-8-6-11-7-12-10(8)13/h2-3,6-7H,4-5H2,1H3. The average molecular weight is 205 g/mol. The van der Waals surface area contributed by atoms with Gasteiger partial charge < -0.3 is 4.74 Å². The minimum Gasteiger partial charge on any atom is -0.383 e. The molecule has 0 saturated heterocycles. The first-order valence-electron chi connectivity index (χ1n) is 4.61. The Morgan fingerprint density at radius 3 is 3.13 bits per heavy atom. The molecule has 0 spiro atoms. The molecule has 5 heteroatoms. The Labute approximate surface area is 86.4 Å². The highest BCUT2D eigenvalue weighted by atomic mass is 16.5. The van der Waals surface area contributed by atoms with Crippen LogP contribution in [-0.2, 0) is 11.3 Å². The van der Waals surface area contributed by atoms with Gasteiger partial charge in [0.05, 0.1) is 13.2 Å². The van der Waals surface area contributed by atoms with Crippen LogP contribution in [0.5, 0.6) is 0 Å². The van der Waals surface area contributed by atoms with Gasteiger partial charge in [0.25, 0.3) is 5.56 Å². The van der Waals surface area contributed by atoms with E-state index in [1.807, 2.05) is 0 Å². The molecule has 2 heterocycles. The molecule has 0 aliphatic heterocycles. The zero-order chi connectivity index (χ0) is 10.7. The van der Waals surface area contributed by atoms with Gasteiger partial charge in [-0.05, 0) is 6.07 Å². The molecule has 0 aliphatic rings. The largest absolute Gasteiger partial charge is 0.383 e. The minimum absolute atomic E-state index is 0.0711. The predicted molar refractivity (Wildman–Crippen MR) is 55.7 cm³/mol. The lowest BCUT2D eigenvalue weighted by molar-refractivity contribution is 0.187. The quantitative estimate of drug-likeness (QED) is 0.729. The number of pyridine rings is 1. The van der Waals surface area contributed by atoms with Gasteiger partial charge in [0.1, 0.15) is 12.0 Å². The van der Waals surface area contributed by atoms with Crippen LogP contribution in [0.3, 0.4) is 0 Å². The van der Waals surface area contributed by atoms with E-state index < -0.39 is 0 Å². The molecule has 2 aromatic heterocycles. The van der Waals surface area contributed by atoms with Gasteiger partial charge in [-0.2, -0.15) is 0 Å². The molecular formula is C10H11N3O2. The number of aromatic nitrogens is 3. The monoisotopic (exact) mass is 205 g/mol. The Hall–Kier alpha value is -1.75. The molecule has 0 amide bonds. The van der Waals surface area contributed by atoms with Crippen molar-refractivity contribution in [1.29, 1.82) is 0 Å². The summed E-state index contributed by atoms with van der Waals surface area (Å²) in [5.74, 6) is 0. The van der Waals surface area contributed by atoms with Gasteiger partial charge in [0.2, 0.25) is 0 Å². The molecule has 0 N–H and O–H groups in total. The summed E-state index contributed by atoms with van der Waals surface area (Å²) < 4.78 is 6.53. The van der Waals surface area contributed by atoms with Crippen molar-refractivity contribution in [2.75, 3.05) is 13.7 Å². The van der Waals surface area contributed by atoms with Crippen LogP contribution in [0.15, 0.2) is 29.5 Å². The van der Waals surface area contributed by atoms with Crippen molar-refractivity contribution < 1.29 is 4.74 Å². The first-order valence-corrected chi connectivity index (χ1v) is 4.61. The van der Waals surface area contributed by atoms with Crippen LogP contribution < -0.4 is 5.56 Å². The highest BCUT2D eigenvalue weighted by Gasteiger charge is 2.02. The number of fused-ring (bicyclic) bond motifs is 1. The number of methoxy groups -OCH3 is 1. The Bertz CT molecular complexity index is 521. The van der Waals surface area contributed by atoms with Crippen molar-refractivity contribution in [2.24, 2.45) is 0 Å². The molecule has 0 bridgehead atoms. The van der Waals surface area contributed by atoms with E-state index in [4.69, 9.17) is 4.74 Å². The first-order chi connectivity index (χ1) is 7.33. The van der Waals surface area contributed by atoms with Crippen molar-refractivity contribution in [1.82, 2.24) is 14.5 Å². The van der Waals surface area contributed by atoms with Gasteiger partial charge in [0.15, 0.2) is 0 Å². The summed E-state index contributed by atoms with van der Waals surface area (Å²) in [5.41, 5.74) is 0.577. The van der Waals surface area contributed by atoms with Crippen LogP contribution in [0.4, 0.5) is 0 Å². The fourth-order valence-corrected chi connectivity index (χ4v) is 1.43. The second-order valence-corrected chi connectivity index (χ2v) is 3.12. The lowest BCUT2D eigenvalue weighted by atomic mass is 10.3. The minimum atomic E-state index is -0.0711. The molecule has 0 atom stereocenters. The van der Waals surface area contributed by atoms with Gasteiger partial charge in [-0.1, -0.05) is 0 Å². The van der Waals surface area contributed by atoms with Gasteiger partial charge in [-0.15, -0.1) is 0 Å². The first kappa shape index (κ1) is 9.79. The second kappa shape index (κ2) is 4.18. The van der Waals surface area contributed by atoms with Crippen molar-refractivity contribution in [3.63, 3.8) is 0 Å². The Balaban J connectivity index is 2.58. The van der Waals surface area contributed by atoms with E-state index in [1.165, 1.54) is 12.4 Å². The molecule has 0 aliphatic carbocycles. The van der Waals surface area contributed by atoms with E-state index in [2.05, 4.69) is 9.97 Å². The maximum atomic E-state index is 11.6. The molecule has 2 aromatic rings. The van der Waals surface area contributed by atoms with Crippen molar-refractivity contribution >= 4 is 11.0 Å². The summed E-state index contributed by atoms with van der Waals surface area (Å²) in [6, 6.07) is 3.24. The van der Waals surface area contributed by atoms with Gasteiger partial charge >= 0.3 is 0 Å². The molecule has 0 unspecified atom stereocenters. The fraction of sp³-hybridized carbons (Fsp3) is 0.300. The second-order valence-electron chi connectivity index (χ2n) is 3.12. The lowest BCUT2D eigenvalue weighted by Crippen LogP contribution is -2.22. The van der Waals surface area contributed by atoms with Crippen molar-refractivity contribution in [3.05, 3.63) is 35.0 Å². The smallest absolute Gasteiger partial charge is 0.252 e. The third-order valence-electron chi connectivity index (χ3n) is 2.16. The van der Waals surface area contributed by atoms with E-state index in [1.54, 1.807) is 23.9 Å². The Morgan fingerprint density at radius 2 is 2.33 bits per heavy atom. The van der Waals surface area contributed by atoms with Crippen LogP contribution in [0.1, 0.15) is 0 Å². The fourth-order valence-electron chi connectivity index (χ4n) is 1.43. The normalized spacial score (nSPS) is 10.7. The number of ether oxygens (including phenoxy) is 1. The SMILES string of the molecule is COCCn1c(=O)ccc2cncnc21. The molecule has 5 nitrogen and oxygen atoms in total. The number of hydrogen-bond donors (Lipinski definition) is 0. The summed E-state index contributed by atoms with van der Waals surface area (Å²) in [6.07, 6.45) is 3.12. The summed E-state index contributed by atoms with van der Waals surface area (Å²) in [7, 11) is 1.60. The van der Waals surface area contributed by atoms with Crippen LogP contribution in [0, 0.1) is 0 Å². The van der Waals surface area contributed by atoms with Gasteiger partial charge in [0, 0.05) is 24.8 Å². The van der Waals surface area contributed by atoms with Gasteiger partial charge in [-0.25, -0.2) is 9.97 Å². The molecule has 0 aromatic carbocycles. The number of hydrogen-bond acceptors (Lipinski definition) is 4. The van der Waals surface area contributed by atoms with Crippen LogP contribution >= 0.6 is 0 Å². The summed E-state index contributed by atoms with van der Waals surface area (Å²) in [5, 5.41) is 0.855. The average Bonchev–Trinajstić information content (AvgIpc) is 2.28. The van der Waals surface area contributed by atoms with E-state index >= 15 is 0 Å². The van der Waals surface area contributed by atoms with Crippen LogP contribution in [0.25, 0.3) is 11.0 Å². The van der Waals surface area contributed by atoms with E-state index in [0.717, 1.165) is 5.39 Å². The summed E-state index contributed by atoms with van der Waals surface area (Å²) >= 11 is 0. The molecule has 15 heavy (non-hydrogen) atoms. The molecular weight excluding hydrogens is 194 g/mol. The van der Waals surface area contributed by atoms with Gasteiger partial charge in [-0.3, -0.25) is 9.36 Å². The third-order valence-corrected chi connectivity index (χ3v) is 2.16. The van der Waals surface area contributed by atoms with E-state index in [0.29, 0.717) is 18.8 Å². The zero-order valence-electron chi connectivity index (χ0n) is 8.38. The maximum absolute atomic E-state index is 11.6. The predicted octanol–water partition coefficient (Wildman–Crippen LogP) is 0.438. The topological polar surface area (TPSA) is 57.0 Å². The Morgan fingerprint density at radius 1 is 1.47 bits per heavy atom. The van der Waals surface area contributed by atoms with E-state index in [9.17, 15) is 4.79 Å². The lowest BCUT2D eigenvalue weighted by Gasteiger charge is -2.07. The van der Waals surface area contributed by atoms with Crippen molar-refractivity contribution in [2.45, 2.75) is 6.54 Å². The Kier molecular flexibility index (Phi) is 2.73. The van der Waals surface area contributed by atoms with Crippen LogP contribution in [0.2, 0.25) is 0 Å². The highest BCUT2D eigenvalue weighted by molar-refractivity contribution is 5.73. The number of rotatable bonds is 3. The molecule has 0 fully saturated rings. The molecule has 0 saturated carbocycles. The van der Waals surface area contributed by atoms with Crippen molar-refractivity contribution in [3.8, 4) is 0 Å². The summed E-state index contributed by atoms with van der Waals surface area (Å²) in [6.45, 7) is 0.993. The molecule has 78 valence electrons. The maximum Gasteiger partial charge on any atom is 0.252 e. The van der Waals surface area contributed by atoms with E-state index in [-0.39, 0.29) is 5.56 Å². The molecule has 0 radical (unpaired) electrons. The zero-order valence-corrected chi connectivity index (χ0v) is 8.38. The third kappa shape index (κ3) is 1.87. The highest BCUT2D eigenvalue weighted by Crippen LogP contribution is 2.05. The van der Waals surface area contributed by atoms with Crippen LogP contribution in [-0.4, -0.2) is 28.3 Å². The summed E-state index contributed by atoms with van der Waals surface area (Å²) in [4.78, 5) is 19.6. The molecule has 2 rings (SSSR count).